The second-order valence-electron chi connectivity index (χ2n) is 15.4. The summed E-state index contributed by atoms with van der Waals surface area (Å²) >= 11 is 0. The summed E-state index contributed by atoms with van der Waals surface area (Å²) in [5.74, 6) is -1.22. The number of primary sulfonamides is 1. The summed E-state index contributed by atoms with van der Waals surface area (Å²) in [5.41, 5.74) is 3.93. The Balaban J connectivity index is 0.000000385. The third-order valence-electron chi connectivity index (χ3n) is 10.1. The van der Waals surface area contributed by atoms with E-state index in [0.717, 1.165) is 32.7 Å². The number of carbonyl (C=O) groups excluding carboxylic acids is 2. The van der Waals surface area contributed by atoms with Crippen LogP contribution in [0.5, 0.6) is 0 Å². The van der Waals surface area contributed by atoms with E-state index in [1.165, 1.54) is 54.9 Å². The zero-order chi connectivity index (χ0) is 49.6. The fraction of sp³-hybridized carbons (Fsp3) is 0.435. The Morgan fingerprint density at radius 1 is 0.742 bits per heavy atom. The lowest BCUT2D eigenvalue weighted by atomic mass is 9.94. The van der Waals surface area contributed by atoms with Gasteiger partial charge in [0.15, 0.2) is 0 Å². The molecule has 4 aromatic rings. The van der Waals surface area contributed by atoms with Gasteiger partial charge in [-0.25, -0.2) is 55.0 Å². The standard InChI is InChI=1S/C23H30FN5O3S.C16H12FN3O.C7H18N2O2S/c1-5-29(6-2)10-7-11-33(31,32)28-23(30)27-22-20(16(3)4)13-18(24)14-21(22)17-8-9-26-19(12-17)15-25;1-10(2)14-6-12(17)7-15(16(14)20-9-21)11-3-4-19-13(5-11)8-18;1-3-9(4-2)6-5-7-12(8,10)11/h8-9,12-14,16H,5-7,10-11H2,1-4H3,(H2,27,28,30);3-7,10H,1-2H3;3-7H2,1-2H3,(H2,8,10,11). The number of pyridine rings is 2. The van der Waals surface area contributed by atoms with Crippen molar-refractivity contribution in [1.29, 1.82) is 10.5 Å². The molecular formula is C46H60F2N10O6S2. The molecule has 0 radical (unpaired) electrons. The van der Waals surface area contributed by atoms with Gasteiger partial charge in [-0.1, -0.05) is 55.4 Å². The number of isocyanates is 1. The van der Waals surface area contributed by atoms with E-state index in [4.69, 9.17) is 15.7 Å². The smallest absolute Gasteiger partial charge is 0.306 e. The Hall–Kier alpha value is -5.99. The summed E-state index contributed by atoms with van der Waals surface area (Å²) < 4.78 is 76.2. The first-order chi connectivity index (χ1) is 31.1. The predicted octanol–water partition coefficient (Wildman–Crippen LogP) is 7.92. The average molecular weight is 951 g/mol. The molecule has 0 unspecified atom stereocenters. The minimum absolute atomic E-state index is 0.0103. The highest BCUT2D eigenvalue weighted by Crippen LogP contribution is 2.38. The van der Waals surface area contributed by atoms with Gasteiger partial charge in [0.2, 0.25) is 26.1 Å². The van der Waals surface area contributed by atoms with Crippen molar-refractivity contribution in [2.24, 2.45) is 10.1 Å². The molecule has 0 aliphatic rings. The SMILES string of the molecule is CC(C)c1cc(F)cc(-c2ccnc(C#N)c2)c1N=C=O.CCN(CC)CCCS(=O)(=O)NC(=O)Nc1c(-c2ccnc(C#N)c2)cc(F)cc1C(C)C.CCN(CC)CCCS(N)(=O)=O. The zero-order valence-corrected chi connectivity index (χ0v) is 40.4. The van der Waals surface area contributed by atoms with E-state index in [1.54, 1.807) is 12.1 Å². The molecule has 0 aliphatic heterocycles. The molecule has 0 spiro atoms. The number of halogens is 2. The van der Waals surface area contributed by atoms with E-state index < -0.39 is 37.7 Å². The van der Waals surface area contributed by atoms with Crippen molar-refractivity contribution < 1.29 is 35.2 Å². The molecule has 0 atom stereocenters. The number of rotatable bonds is 19. The maximum Gasteiger partial charge on any atom is 0.332 e. The lowest BCUT2D eigenvalue weighted by molar-refractivity contribution is 0.256. The lowest BCUT2D eigenvalue weighted by Gasteiger charge is -2.20. The van der Waals surface area contributed by atoms with Gasteiger partial charge >= 0.3 is 6.03 Å². The fourth-order valence-electron chi connectivity index (χ4n) is 6.60. The van der Waals surface area contributed by atoms with Gasteiger partial charge in [0.05, 0.1) is 22.9 Å². The monoisotopic (exact) mass is 950 g/mol. The molecule has 4 N–H and O–H groups in total. The van der Waals surface area contributed by atoms with E-state index in [1.807, 2.05) is 58.4 Å². The molecule has 0 bridgehead atoms. The number of aliphatic imine (C=N–C) groups is 1. The normalized spacial score (nSPS) is 11.2. The van der Waals surface area contributed by atoms with E-state index in [0.29, 0.717) is 58.5 Å². The molecule has 2 aromatic carbocycles. The Labute approximate surface area is 388 Å². The van der Waals surface area contributed by atoms with Crippen molar-refractivity contribution in [2.45, 2.75) is 80.1 Å². The largest absolute Gasteiger partial charge is 0.332 e. The third kappa shape index (κ3) is 18.9. The van der Waals surface area contributed by atoms with Crippen LogP contribution in [0.1, 0.15) is 103 Å². The number of nitrogens with two attached hydrogens (primary N) is 1. The van der Waals surface area contributed by atoms with Crippen LogP contribution in [0.4, 0.5) is 25.0 Å². The van der Waals surface area contributed by atoms with Gasteiger partial charge in [-0.2, -0.15) is 15.5 Å². The van der Waals surface area contributed by atoms with Crippen LogP contribution in [-0.4, -0.2) is 99.5 Å². The van der Waals surface area contributed by atoms with E-state index in [-0.39, 0.29) is 40.4 Å². The first kappa shape index (κ1) is 56.1. The molecule has 2 amide bonds. The van der Waals surface area contributed by atoms with Crippen LogP contribution >= 0.6 is 0 Å². The Bertz CT molecular complexity index is 2600. The predicted molar refractivity (Wildman–Crippen MR) is 253 cm³/mol. The van der Waals surface area contributed by atoms with Gasteiger partial charge in [0, 0.05) is 23.5 Å². The lowest BCUT2D eigenvalue weighted by Crippen LogP contribution is -2.37. The average Bonchev–Trinajstić information content (AvgIpc) is 3.27. The molecule has 2 aromatic heterocycles. The summed E-state index contributed by atoms with van der Waals surface area (Å²) in [6.45, 7) is 20.5. The van der Waals surface area contributed by atoms with Crippen molar-refractivity contribution in [1.82, 2.24) is 24.5 Å². The van der Waals surface area contributed by atoms with Crippen LogP contribution in [0.3, 0.4) is 0 Å². The summed E-state index contributed by atoms with van der Waals surface area (Å²) in [6, 6.07) is 14.4. The molecule has 0 saturated carbocycles. The first-order valence-electron chi connectivity index (χ1n) is 21.4. The second-order valence-corrected chi connectivity index (χ2v) is 19.0. The molecule has 356 valence electrons. The van der Waals surface area contributed by atoms with E-state index in [9.17, 15) is 35.2 Å². The minimum atomic E-state index is -3.86. The third-order valence-corrected chi connectivity index (χ3v) is 12.3. The number of amides is 2. The summed E-state index contributed by atoms with van der Waals surface area (Å²) in [5, 5.41) is 25.5. The minimum Gasteiger partial charge on any atom is -0.306 e. The molecule has 4 rings (SSSR count). The van der Waals surface area contributed by atoms with Gasteiger partial charge in [-0.15, -0.1) is 0 Å². The van der Waals surface area contributed by atoms with Crippen LogP contribution in [-0.2, 0) is 24.8 Å². The quantitative estimate of drug-likeness (QED) is 0.0599. The number of hydrogen-bond donors (Lipinski definition) is 3. The van der Waals surface area contributed by atoms with Gasteiger partial charge in [-0.3, -0.25) is 0 Å². The zero-order valence-electron chi connectivity index (χ0n) is 38.7. The number of nitrogens with one attached hydrogen (secondary N) is 2. The number of benzene rings is 2. The molecule has 0 saturated heterocycles. The molecular weight excluding hydrogens is 891 g/mol. The van der Waals surface area contributed by atoms with Crippen LogP contribution in [0.15, 0.2) is 65.9 Å². The number of urea groups is 1. The van der Waals surface area contributed by atoms with Crippen molar-refractivity contribution in [3.05, 3.63) is 95.1 Å². The number of nitriles is 2. The molecule has 20 heteroatoms. The summed E-state index contributed by atoms with van der Waals surface area (Å²) in [6.07, 6.45) is 5.40. The molecule has 0 fully saturated rings. The fourth-order valence-corrected chi connectivity index (χ4v) is 8.07. The molecule has 16 nitrogen and oxygen atoms in total. The van der Waals surface area contributed by atoms with Crippen LogP contribution in [0.2, 0.25) is 0 Å². The highest BCUT2D eigenvalue weighted by Gasteiger charge is 2.21. The van der Waals surface area contributed by atoms with Gasteiger partial charge < -0.3 is 15.1 Å². The van der Waals surface area contributed by atoms with Gasteiger partial charge in [0.25, 0.3) is 0 Å². The van der Waals surface area contributed by atoms with Crippen molar-refractivity contribution in [2.75, 3.05) is 56.1 Å². The van der Waals surface area contributed by atoms with Gasteiger partial charge in [0.1, 0.15) is 35.2 Å². The number of nitrogens with zero attached hydrogens (tertiary/aromatic N) is 7. The number of carbonyl (C=O) groups is 1. The van der Waals surface area contributed by atoms with Crippen LogP contribution in [0.25, 0.3) is 22.3 Å². The van der Waals surface area contributed by atoms with Crippen molar-refractivity contribution in [3.63, 3.8) is 0 Å². The molecule has 66 heavy (non-hydrogen) atoms. The maximum absolute atomic E-state index is 14.4. The molecule has 0 aliphatic carbocycles. The highest BCUT2D eigenvalue weighted by atomic mass is 32.2. The number of anilines is 1. The maximum atomic E-state index is 14.4. The Kier molecular flexibility index (Phi) is 23.4. The number of sulfonamides is 2. The number of hydrogen-bond acceptors (Lipinski definition) is 13. The topological polar surface area (TPSA) is 245 Å². The van der Waals surface area contributed by atoms with Crippen LogP contribution < -0.4 is 15.2 Å². The molecule has 2 heterocycles. The first-order valence-corrected chi connectivity index (χ1v) is 24.8. The highest BCUT2D eigenvalue weighted by molar-refractivity contribution is 7.90. The Morgan fingerprint density at radius 3 is 1.64 bits per heavy atom. The summed E-state index contributed by atoms with van der Waals surface area (Å²) in [7, 11) is -7.12. The van der Waals surface area contributed by atoms with Crippen LogP contribution in [0, 0.1) is 34.3 Å². The van der Waals surface area contributed by atoms with E-state index in [2.05, 4.69) is 43.9 Å². The summed E-state index contributed by atoms with van der Waals surface area (Å²) in [4.78, 5) is 39.1. The van der Waals surface area contributed by atoms with E-state index >= 15 is 0 Å². The van der Waals surface area contributed by atoms with Crippen molar-refractivity contribution >= 4 is 43.5 Å². The number of aromatic nitrogens is 2. The van der Waals surface area contributed by atoms with Gasteiger partial charge in [-0.05, 0) is 135 Å². The second kappa shape index (κ2) is 27.5. The Morgan fingerprint density at radius 2 is 1.20 bits per heavy atom. The van der Waals surface area contributed by atoms with Crippen molar-refractivity contribution in [3.8, 4) is 34.4 Å².